The van der Waals surface area contributed by atoms with Crippen LogP contribution in [0.25, 0.3) is 11.2 Å². The summed E-state index contributed by atoms with van der Waals surface area (Å²) in [6.07, 6.45) is 6.45. The number of nitrogens with zero attached hydrogens (tertiary/aromatic N) is 5. The molecule has 2 aliphatic rings. The molecular weight excluding hydrogens is 290 g/mol. The van der Waals surface area contributed by atoms with Crippen molar-refractivity contribution in [3.8, 4) is 0 Å². The Labute approximate surface area is 127 Å². The van der Waals surface area contributed by atoms with E-state index in [4.69, 9.17) is 11.6 Å². The molecule has 0 bridgehead atoms. The Balaban J connectivity index is 1.85. The second-order valence-corrected chi connectivity index (χ2v) is 6.05. The molecule has 4 rings (SSSR count). The number of rotatable bonds is 2. The number of fused-ring (bicyclic) bond motifs is 1. The van der Waals surface area contributed by atoms with Crippen LogP contribution in [0.3, 0.4) is 0 Å². The number of hydrogen-bond acceptors (Lipinski definition) is 5. The molecule has 0 N–H and O–H groups in total. The second-order valence-electron chi connectivity index (χ2n) is 5.71. The third-order valence-electron chi connectivity index (χ3n) is 4.39. The lowest BCUT2D eigenvalue weighted by molar-refractivity contribution is -0.120. The predicted molar refractivity (Wildman–Crippen MR) is 79.7 cm³/mol. The lowest BCUT2D eigenvalue weighted by Gasteiger charge is -2.17. The molecule has 0 spiro atoms. The van der Waals surface area contributed by atoms with Crippen LogP contribution >= 0.6 is 11.6 Å². The van der Waals surface area contributed by atoms with E-state index in [1.54, 1.807) is 6.33 Å². The third kappa shape index (κ3) is 2.09. The maximum atomic E-state index is 12.0. The maximum Gasteiger partial charge on any atom is 0.226 e. The quantitative estimate of drug-likeness (QED) is 0.797. The van der Waals surface area contributed by atoms with Gasteiger partial charge in [0.05, 0.1) is 12.4 Å². The molecule has 2 fully saturated rings. The first-order chi connectivity index (χ1) is 10.2. The lowest BCUT2D eigenvalue weighted by Crippen LogP contribution is -2.20. The second kappa shape index (κ2) is 4.94. The average molecular weight is 306 g/mol. The van der Waals surface area contributed by atoms with Crippen molar-refractivity contribution in [2.24, 2.45) is 0 Å². The maximum absolute atomic E-state index is 12.0. The van der Waals surface area contributed by atoms with E-state index in [0.717, 1.165) is 50.1 Å². The molecule has 0 aromatic carbocycles. The highest BCUT2D eigenvalue weighted by molar-refractivity contribution is 6.28. The molecule has 1 saturated carbocycles. The van der Waals surface area contributed by atoms with Crippen LogP contribution in [-0.4, -0.2) is 38.4 Å². The Morgan fingerprint density at radius 3 is 2.71 bits per heavy atom. The van der Waals surface area contributed by atoms with Crippen molar-refractivity contribution in [2.75, 3.05) is 18.0 Å². The molecule has 2 aromatic rings. The van der Waals surface area contributed by atoms with Crippen LogP contribution < -0.4 is 4.90 Å². The highest BCUT2D eigenvalue weighted by Gasteiger charge is 2.29. The van der Waals surface area contributed by atoms with E-state index in [1.807, 2.05) is 4.57 Å². The summed E-state index contributed by atoms with van der Waals surface area (Å²) in [5.41, 5.74) is 1.43. The van der Waals surface area contributed by atoms with Crippen LogP contribution in [-0.2, 0) is 4.79 Å². The first kappa shape index (κ1) is 13.0. The number of imidazole rings is 1. The van der Waals surface area contributed by atoms with E-state index in [9.17, 15) is 4.79 Å². The number of aromatic nitrogens is 4. The first-order valence-corrected chi connectivity index (χ1v) is 7.79. The Hall–Kier alpha value is -1.69. The topological polar surface area (TPSA) is 63.9 Å². The average Bonchev–Trinajstić information content (AvgIpc) is 3.17. The van der Waals surface area contributed by atoms with Gasteiger partial charge in [-0.15, -0.1) is 0 Å². The summed E-state index contributed by atoms with van der Waals surface area (Å²) in [5.74, 6) is 1.05. The van der Waals surface area contributed by atoms with Crippen molar-refractivity contribution in [3.05, 3.63) is 11.6 Å². The Bertz CT molecular complexity index is 707. The Morgan fingerprint density at radius 1 is 1.19 bits per heavy atom. The zero-order valence-corrected chi connectivity index (χ0v) is 12.4. The highest BCUT2D eigenvalue weighted by atomic mass is 35.5. The zero-order chi connectivity index (χ0) is 14.4. The molecule has 1 aliphatic heterocycles. The van der Waals surface area contributed by atoms with Gasteiger partial charge in [0.15, 0.2) is 22.8 Å². The summed E-state index contributed by atoms with van der Waals surface area (Å²) < 4.78 is 1.87. The fourth-order valence-electron chi connectivity index (χ4n) is 3.34. The summed E-state index contributed by atoms with van der Waals surface area (Å²) in [5, 5.41) is 0.219. The van der Waals surface area contributed by atoms with E-state index in [2.05, 4.69) is 19.9 Å². The number of anilines is 1. The molecule has 3 heterocycles. The molecule has 1 saturated heterocycles. The fraction of sp³-hybridized carbons (Fsp3) is 0.571. The minimum atomic E-state index is -0.146. The van der Waals surface area contributed by atoms with Crippen molar-refractivity contribution in [2.45, 2.75) is 38.1 Å². The first-order valence-electron chi connectivity index (χ1n) is 7.42. The standard InChI is InChI=1S/C14H16ClN5O/c15-14-17-12(19-6-1-2-7-19)11-13(18-14)20(8-16-11)9-4-3-5-10(9)21/h8-9H,1-7H2. The molecule has 6 nitrogen and oxygen atoms in total. The minimum Gasteiger partial charge on any atom is -0.355 e. The van der Waals surface area contributed by atoms with Crippen molar-refractivity contribution in [3.63, 3.8) is 0 Å². The number of carbonyl (C=O) groups is 1. The highest BCUT2D eigenvalue weighted by Crippen LogP contribution is 2.32. The van der Waals surface area contributed by atoms with Crippen LogP contribution in [0.4, 0.5) is 5.82 Å². The number of carbonyl (C=O) groups excluding carboxylic acids is 1. The van der Waals surface area contributed by atoms with Gasteiger partial charge in [-0.05, 0) is 37.3 Å². The summed E-state index contributed by atoms with van der Waals surface area (Å²) >= 11 is 6.10. The molecule has 1 atom stereocenters. The SMILES string of the molecule is O=C1CCCC1n1cnc2c(N3CCCC3)nc(Cl)nc21. The van der Waals surface area contributed by atoms with E-state index < -0.39 is 0 Å². The fourth-order valence-corrected chi connectivity index (χ4v) is 3.50. The molecule has 110 valence electrons. The number of halogens is 1. The molecule has 21 heavy (non-hydrogen) atoms. The zero-order valence-electron chi connectivity index (χ0n) is 11.6. The van der Waals surface area contributed by atoms with Crippen LogP contribution in [0.2, 0.25) is 5.28 Å². The van der Waals surface area contributed by atoms with Gasteiger partial charge in [0, 0.05) is 19.5 Å². The number of Topliss-reactive ketones (excluding diaryl/α,β-unsaturated/α-hetero) is 1. The van der Waals surface area contributed by atoms with E-state index >= 15 is 0 Å². The van der Waals surface area contributed by atoms with Crippen molar-refractivity contribution >= 4 is 34.4 Å². The molecule has 1 aliphatic carbocycles. The summed E-state index contributed by atoms with van der Waals surface area (Å²) in [7, 11) is 0. The van der Waals surface area contributed by atoms with Gasteiger partial charge >= 0.3 is 0 Å². The summed E-state index contributed by atoms with van der Waals surface area (Å²) in [4.78, 5) is 27.4. The molecule has 2 aromatic heterocycles. The van der Waals surface area contributed by atoms with E-state index in [-0.39, 0.29) is 17.1 Å². The van der Waals surface area contributed by atoms with Gasteiger partial charge in [-0.2, -0.15) is 9.97 Å². The summed E-state index contributed by atoms with van der Waals surface area (Å²) in [6, 6.07) is -0.146. The van der Waals surface area contributed by atoms with E-state index in [0.29, 0.717) is 12.1 Å². The lowest BCUT2D eigenvalue weighted by atomic mass is 10.2. The number of hydrogen-bond donors (Lipinski definition) is 0. The smallest absolute Gasteiger partial charge is 0.226 e. The van der Waals surface area contributed by atoms with Crippen molar-refractivity contribution in [1.82, 2.24) is 19.5 Å². The molecule has 7 heteroatoms. The molecule has 0 amide bonds. The molecular formula is C14H16ClN5O. The van der Waals surface area contributed by atoms with Crippen LogP contribution in [0.1, 0.15) is 38.1 Å². The van der Waals surface area contributed by atoms with Crippen LogP contribution in [0, 0.1) is 0 Å². The van der Waals surface area contributed by atoms with Gasteiger partial charge in [0.1, 0.15) is 0 Å². The number of ketones is 1. The van der Waals surface area contributed by atoms with Gasteiger partial charge in [0.25, 0.3) is 0 Å². The predicted octanol–water partition coefficient (Wildman–Crippen LogP) is 2.37. The normalized spacial score (nSPS) is 22.6. The summed E-state index contributed by atoms with van der Waals surface area (Å²) in [6.45, 7) is 1.94. The van der Waals surface area contributed by atoms with E-state index in [1.165, 1.54) is 0 Å². The van der Waals surface area contributed by atoms with Gasteiger partial charge in [-0.3, -0.25) is 4.79 Å². The van der Waals surface area contributed by atoms with Gasteiger partial charge in [-0.25, -0.2) is 4.98 Å². The minimum absolute atomic E-state index is 0.146. The molecule has 0 radical (unpaired) electrons. The largest absolute Gasteiger partial charge is 0.355 e. The monoisotopic (exact) mass is 305 g/mol. The Kier molecular flexibility index (Phi) is 3.06. The third-order valence-corrected chi connectivity index (χ3v) is 4.56. The van der Waals surface area contributed by atoms with Crippen LogP contribution in [0.15, 0.2) is 6.33 Å². The van der Waals surface area contributed by atoms with Crippen molar-refractivity contribution in [1.29, 1.82) is 0 Å². The van der Waals surface area contributed by atoms with Gasteiger partial charge in [0.2, 0.25) is 5.28 Å². The van der Waals surface area contributed by atoms with Crippen LogP contribution in [0.5, 0.6) is 0 Å². The molecule has 1 unspecified atom stereocenters. The van der Waals surface area contributed by atoms with Crippen molar-refractivity contribution < 1.29 is 4.79 Å². The Morgan fingerprint density at radius 2 is 2.00 bits per heavy atom. The van der Waals surface area contributed by atoms with Gasteiger partial charge < -0.3 is 9.47 Å². The van der Waals surface area contributed by atoms with Gasteiger partial charge in [-0.1, -0.05) is 0 Å².